The number of rotatable bonds is 2. The zero-order valence-electron chi connectivity index (χ0n) is 9.61. The fourth-order valence-corrected chi connectivity index (χ4v) is 2.02. The number of halogens is 2. The number of esters is 1. The summed E-state index contributed by atoms with van der Waals surface area (Å²) < 4.78 is 4.64. The normalized spacial score (nSPS) is 10.2. The molecule has 2 nitrogen and oxygen atoms in total. The number of hydrogen-bond acceptors (Lipinski definition) is 2. The maximum atomic E-state index is 11.3. The first-order valence-corrected chi connectivity index (χ1v) is 6.01. The van der Waals surface area contributed by atoms with Crippen molar-refractivity contribution in [2.75, 3.05) is 7.11 Å². The van der Waals surface area contributed by atoms with Crippen molar-refractivity contribution in [2.45, 2.75) is 0 Å². The number of carbonyl (C=O) groups is 1. The Bertz CT molecular complexity index is 577. The van der Waals surface area contributed by atoms with E-state index in [1.54, 1.807) is 30.3 Å². The van der Waals surface area contributed by atoms with Gasteiger partial charge in [-0.3, -0.25) is 0 Å². The van der Waals surface area contributed by atoms with E-state index in [-0.39, 0.29) is 5.97 Å². The van der Waals surface area contributed by atoms with E-state index in [1.807, 2.05) is 12.1 Å². The number of methoxy groups -OCH3 is 1. The lowest BCUT2D eigenvalue weighted by Gasteiger charge is -2.06. The molecule has 0 saturated carbocycles. The van der Waals surface area contributed by atoms with Crippen molar-refractivity contribution in [2.24, 2.45) is 0 Å². The molecule has 0 aliphatic heterocycles. The van der Waals surface area contributed by atoms with Crippen molar-refractivity contribution in [3.8, 4) is 11.1 Å². The third-order valence-electron chi connectivity index (χ3n) is 2.55. The van der Waals surface area contributed by atoms with Crippen molar-refractivity contribution in [3.63, 3.8) is 0 Å². The van der Waals surface area contributed by atoms with E-state index in [4.69, 9.17) is 23.2 Å². The molecule has 0 spiro atoms. The SMILES string of the molecule is COC(=O)c1ccc(-c2cc(Cl)ccc2Cl)cc1. The lowest BCUT2D eigenvalue weighted by Crippen LogP contribution is -2.00. The molecule has 0 amide bonds. The molecule has 92 valence electrons. The summed E-state index contributed by atoms with van der Waals surface area (Å²) in [6.45, 7) is 0. The Morgan fingerprint density at radius 1 is 1.06 bits per heavy atom. The van der Waals surface area contributed by atoms with Crippen LogP contribution in [-0.4, -0.2) is 13.1 Å². The van der Waals surface area contributed by atoms with Crippen LogP contribution in [0.15, 0.2) is 42.5 Å². The van der Waals surface area contributed by atoms with Gasteiger partial charge in [-0.2, -0.15) is 0 Å². The maximum absolute atomic E-state index is 11.3. The van der Waals surface area contributed by atoms with E-state index in [0.717, 1.165) is 11.1 Å². The van der Waals surface area contributed by atoms with Gasteiger partial charge < -0.3 is 4.74 Å². The number of benzene rings is 2. The van der Waals surface area contributed by atoms with Gasteiger partial charge in [-0.25, -0.2) is 4.79 Å². The van der Waals surface area contributed by atoms with Gasteiger partial charge in [-0.1, -0.05) is 35.3 Å². The number of ether oxygens (including phenoxy) is 1. The van der Waals surface area contributed by atoms with Crippen LogP contribution in [0.1, 0.15) is 10.4 Å². The van der Waals surface area contributed by atoms with Crippen LogP contribution in [0.2, 0.25) is 10.0 Å². The smallest absolute Gasteiger partial charge is 0.337 e. The third-order valence-corrected chi connectivity index (χ3v) is 3.11. The third kappa shape index (κ3) is 2.66. The average molecular weight is 281 g/mol. The van der Waals surface area contributed by atoms with Crippen LogP contribution in [-0.2, 0) is 4.74 Å². The molecule has 0 aromatic heterocycles. The molecule has 0 radical (unpaired) electrons. The summed E-state index contributed by atoms with van der Waals surface area (Å²) in [5, 5.41) is 1.23. The zero-order valence-corrected chi connectivity index (χ0v) is 11.1. The molecule has 0 fully saturated rings. The highest BCUT2D eigenvalue weighted by molar-refractivity contribution is 6.35. The molecule has 0 heterocycles. The Morgan fingerprint density at radius 3 is 2.33 bits per heavy atom. The summed E-state index contributed by atoms with van der Waals surface area (Å²) >= 11 is 12.0. The lowest BCUT2D eigenvalue weighted by molar-refractivity contribution is 0.0601. The first-order chi connectivity index (χ1) is 8.61. The summed E-state index contributed by atoms with van der Waals surface area (Å²) in [6.07, 6.45) is 0. The van der Waals surface area contributed by atoms with Gasteiger partial charge in [0.25, 0.3) is 0 Å². The second kappa shape index (κ2) is 5.42. The molecule has 0 unspecified atom stereocenters. The summed E-state index contributed by atoms with van der Waals surface area (Å²) in [5.74, 6) is -0.362. The quantitative estimate of drug-likeness (QED) is 0.760. The summed E-state index contributed by atoms with van der Waals surface area (Å²) in [7, 11) is 1.35. The standard InChI is InChI=1S/C14H10Cl2O2/c1-18-14(17)10-4-2-9(3-5-10)12-8-11(15)6-7-13(12)16/h2-8H,1H3. The van der Waals surface area contributed by atoms with Gasteiger partial charge in [-0.15, -0.1) is 0 Å². The molecule has 18 heavy (non-hydrogen) atoms. The van der Waals surface area contributed by atoms with Crippen molar-refractivity contribution in [1.82, 2.24) is 0 Å². The topological polar surface area (TPSA) is 26.3 Å². The molecule has 0 atom stereocenters. The van der Waals surface area contributed by atoms with Crippen LogP contribution < -0.4 is 0 Å². The molecular formula is C14H10Cl2O2. The van der Waals surface area contributed by atoms with Crippen LogP contribution in [0.3, 0.4) is 0 Å². The molecule has 2 rings (SSSR count). The second-order valence-corrected chi connectivity index (χ2v) is 4.54. The second-order valence-electron chi connectivity index (χ2n) is 3.69. The molecular weight excluding hydrogens is 271 g/mol. The highest BCUT2D eigenvalue weighted by Crippen LogP contribution is 2.30. The lowest BCUT2D eigenvalue weighted by atomic mass is 10.0. The van der Waals surface area contributed by atoms with Crippen LogP contribution in [0.5, 0.6) is 0 Å². The van der Waals surface area contributed by atoms with Crippen molar-refractivity contribution in [1.29, 1.82) is 0 Å². The van der Waals surface area contributed by atoms with E-state index < -0.39 is 0 Å². The van der Waals surface area contributed by atoms with Crippen molar-refractivity contribution in [3.05, 3.63) is 58.1 Å². The first kappa shape index (κ1) is 12.9. The minimum absolute atomic E-state index is 0.362. The average Bonchev–Trinajstić information content (AvgIpc) is 2.41. The summed E-state index contributed by atoms with van der Waals surface area (Å²) in [5.41, 5.74) is 2.23. The first-order valence-electron chi connectivity index (χ1n) is 5.25. The monoisotopic (exact) mass is 280 g/mol. The number of carbonyl (C=O) groups excluding carboxylic acids is 1. The van der Waals surface area contributed by atoms with E-state index in [0.29, 0.717) is 15.6 Å². The predicted octanol–water partition coefficient (Wildman–Crippen LogP) is 4.45. The Kier molecular flexibility index (Phi) is 3.90. The summed E-state index contributed by atoms with van der Waals surface area (Å²) in [6, 6.07) is 12.3. The van der Waals surface area contributed by atoms with Gasteiger partial charge >= 0.3 is 5.97 Å². The minimum Gasteiger partial charge on any atom is -0.465 e. The molecule has 2 aromatic rings. The van der Waals surface area contributed by atoms with E-state index >= 15 is 0 Å². The van der Waals surface area contributed by atoms with Crippen LogP contribution in [0.25, 0.3) is 11.1 Å². The molecule has 0 bridgehead atoms. The molecule has 0 N–H and O–H groups in total. The highest BCUT2D eigenvalue weighted by Gasteiger charge is 2.07. The highest BCUT2D eigenvalue weighted by atomic mass is 35.5. The van der Waals surface area contributed by atoms with Gasteiger partial charge in [0.15, 0.2) is 0 Å². The maximum Gasteiger partial charge on any atom is 0.337 e. The van der Waals surface area contributed by atoms with Gasteiger partial charge in [0, 0.05) is 15.6 Å². The Labute approximate surface area is 115 Å². The number of hydrogen-bond donors (Lipinski definition) is 0. The Hall–Kier alpha value is -1.51. The van der Waals surface area contributed by atoms with E-state index in [1.165, 1.54) is 7.11 Å². The summed E-state index contributed by atoms with van der Waals surface area (Å²) in [4.78, 5) is 11.3. The Balaban J connectivity index is 2.40. The van der Waals surface area contributed by atoms with Gasteiger partial charge in [-0.05, 0) is 35.9 Å². The van der Waals surface area contributed by atoms with Crippen molar-refractivity contribution < 1.29 is 9.53 Å². The van der Waals surface area contributed by atoms with Crippen LogP contribution in [0, 0.1) is 0 Å². The van der Waals surface area contributed by atoms with Crippen LogP contribution >= 0.6 is 23.2 Å². The molecule has 0 aliphatic carbocycles. The largest absolute Gasteiger partial charge is 0.465 e. The molecule has 0 aliphatic rings. The molecule has 0 saturated heterocycles. The minimum atomic E-state index is -0.362. The Morgan fingerprint density at radius 2 is 1.72 bits per heavy atom. The van der Waals surface area contributed by atoms with Gasteiger partial charge in [0.05, 0.1) is 12.7 Å². The van der Waals surface area contributed by atoms with E-state index in [9.17, 15) is 4.79 Å². The predicted molar refractivity (Wildman–Crippen MR) is 73.2 cm³/mol. The van der Waals surface area contributed by atoms with Crippen LogP contribution in [0.4, 0.5) is 0 Å². The fraction of sp³-hybridized carbons (Fsp3) is 0.0714. The van der Waals surface area contributed by atoms with Crippen molar-refractivity contribution >= 4 is 29.2 Å². The molecule has 4 heteroatoms. The fourth-order valence-electron chi connectivity index (χ4n) is 1.62. The van der Waals surface area contributed by atoms with E-state index in [2.05, 4.69) is 4.74 Å². The molecule has 2 aromatic carbocycles. The van der Waals surface area contributed by atoms with Gasteiger partial charge in [0.2, 0.25) is 0 Å². The van der Waals surface area contributed by atoms with Gasteiger partial charge in [0.1, 0.15) is 0 Å². The zero-order chi connectivity index (χ0) is 13.1.